The zero-order chi connectivity index (χ0) is 17.7. The van der Waals surface area contributed by atoms with Gasteiger partial charge in [-0.15, -0.1) is 0 Å². The van der Waals surface area contributed by atoms with Crippen molar-refractivity contribution in [2.75, 3.05) is 13.7 Å². The van der Waals surface area contributed by atoms with Gasteiger partial charge in [0.15, 0.2) is 11.4 Å². The van der Waals surface area contributed by atoms with Crippen LogP contribution in [0.1, 0.15) is 10.5 Å². The van der Waals surface area contributed by atoms with E-state index in [1.807, 2.05) is 0 Å². The number of amides is 1. The molecule has 0 bridgehead atoms. The van der Waals surface area contributed by atoms with E-state index in [0.717, 1.165) is 0 Å². The first-order valence-corrected chi connectivity index (χ1v) is 6.67. The molecule has 0 saturated carbocycles. The Bertz CT molecular complexity index is 769. The summed E-state index contributed by atoms with van der Waals surface area (Å²) in [7, 11) is 1.22. The van der Waals surface area contributed by atoms with Crippen LogP contribution < -0.4 is 10.7 Å². The van der Waals surface area contributed by atoms with Gasteiger partial charge < -0.3 is 9.99 Å². The highest BCUT2D eigenvalue weighted by Gasteiger charge is 2.22. The second kappa shape index (κ2) is 7.49. The molecule has 126 valence electrons. The molecule has 0 fully saturated rings. The lowest BCUT2D eigenvalue weighted by atomic mass is 10.1. The Morgan fingerprint density at radius 1 is 1.33 bits per heavy atom. The van der Waals surface area contributed by atoms with E-state index >= 15 is 0 Å². The molecule has 1 aromatic carbocycles. The van der Waals surface area contributed by atoms with Gasteiger partial charge in [0.05, 0.1) is 7.11 Å². The third-order valence-electron chi connectivity index (χ3n) is 2.95. The van der Waals surface area contributed by atoms with Gasteiger partial charge in [-0.1, -0.05) is 12.1 Å². The number of hydrogen-bond acceptors (Lipinski definition) is 6. The third kappa shape index (κ3) is 4.03. The fourth-order valence-electron chi connectivity index (χ4n) is 1.94. The molecule has 24 heavy (non-hydrogen) atoms. The van der Waals surface area contributed by atoms with Crippen LogP contribution in [0.25, 0.3) is 11.1 Å². The van der Waals surface area contributed by atoms with Crippen LogP contribution in [0.3, 0.4) is 0 Å². The van der Waals surface area contributed by atoms with Gasteiger partial charge in [0.1, 0.15) is 12.4 Å². The van der Waals surface area contributed by atoms with Crippen LogP contribution in [0.2, 0.25) is 0 Å². The van der Waals surface area contributed by atoms with Crippen molar-refractivity contribution in [2.24, 2.45) is 5.84 Å². The number of hydrazine groups is 1. The minimum Gasteiger partial charge on any atom is -0.480 e. The van der Waals surface area contributed by atoms with E-state index in [1.54, 1.807) is 6.07 Å². The summed E-state index contributed by atoms with van der Waals surface area (Å²) in [4.78, 5) is 36.2. The maximum Gasteiger partial charge on any atom is 0.324 e. The quantitative estimate of drug-likeness (QED) is 0.353. The maximum atomic E-state index is 13.3. The molecule has 1 heterocycles. The fraction of sp³-hybridized carbons (Fsp3) is 0.133. The van der Waals surface area contributed by atoms with Crippen LogP contribution in [0.5, 0.6) is 5.75 Å². The smallest absolute Gasteiger partial charge is 0.324 e. The van der Waals surface area contributed by atoms with Crippen molar-refractivity contribution >= 4 is 11.9 Å². The van der Waals surface area contributed by atoms with Gasteiger partial charge in [-0.2, -0.15) is 4.89 Å². The number of hydrogen-bond donors (Lipinski definition) is 2. The van der Waals surface area contributed by atoms with Crippen molar-refractivity contribution in [2.45, 2.75) is 0 Å². The standard InChI is InChI=1S/C15H14FN3O5/c1-23-24-12-6-10(9-3-2-4-11(16)5-9)7-18-14(12)15(22)19(17)8-13(20)21/h2-7H,8,17H2,1H3,(H,20,21). The fourth-order valence-corrected chi connectivity index (χ4v) is 1.94. The number of pyridine rings is 1. The predicted molar refractivity (Wildman–Crippen MR) is 80.1 cm³/mol. The van der Waals surface area contributed by atoms with E-state index < -0.39 is 24.2 Å². The number of nitrogens with zero attached hydrogens (tertiary/aromatic N) is 2. The summed E-state index contributed by atoms with van der Waals surface area (Å²) in [5.74, 6) is 2.74. The second-order valence-corrected chi connectivity index (χ2v) is 4.66. The summed E-state index contributed by atoms with van der Waals surface area (Å²) >= 11 is 0. The Balaban J connectivity index is 2.39. The molecule has 3 N–H and O–H groups in total. The van der Waals surface area contributed by atoms with Crippen LogP contribution in [0, 0.1) is 5.82 Å². The number of carboxylic acid groups (broad SMARTS) is 1. The molecule has 1 amide bonds. The highest BCUT2D eigenvalue weighted by Crippen LogP contribution is 2.26. The topological polar surface area (TPSA) is 115 Å². The molecule has 0 aliphatic rings. The van der Waals surface area contributed by atoms with Gasteiger partial charge in [-0.25, -0.2) is 15.2 Å². The molecular formula is C15H14FN3O5. The lowest BCUT2D eigenvalue weighted by Crippen LogP contribution is -2.41. The number of carbonyl (C=O) groups excluding carboxylic acids is 1. The van der Waals surface area contributed by atoms with Crippen LogP contribution in [0.4, 0.5) is 4.39 Å². The predicted octanol–water partition coefficient (Wildman–Crippen LogP) is 1.23. The van der Waals surface area contributed by atoms with E-state index in [2.05, 4.69) is 9.87 Å². The molecule has 9 heteroatoms. The molecule has 2 aromatic rings. The Morgan fingerprint density at radius 3 is 2.71 bits per heavy atom. The lowest BCUT2D eigenvalue weighted by molar-refractivity contribution is -0.178. The molecule has 1 aromatic heterocycles. The van der Waals surface area contributed by atoms with E-state index in [1.165, 1.54) is 37.6 Å². The highest BCUT2D eigenvalue weighted by molar-refractivity contribution is 5.96. The SMILES string of the molecule is COOc1cc(-c2cccc(F)c2)cnc1C(=O)N(N)CC(=O)O. The molecule has 2 rings (SSSR count). The average Bonchev–Trinajstić information content (AvgIpc) is 2.54. The first-order valence-electron chi connectivity index (χ1n) is 6.67. The Hall–Kier alpha value is -3.04. The first-order chi connectivity index (χ1) is 11.4. The molecule has 8 nitrogen and oxygen atoms in total. The maximum absolute atomic E-state index is 13.3. The van der Waals surface area contributed by atoms with Gasteiger partial charge >= 0.3 is 5.97 Å². The number of aliphatic carboxylic acids is 1. The zero-order valence-corrected chi connectivity index (χ0v) is 12.6. The first kappa shape index (κ1) is 17.3. The summed E-state index contributed by atoms with van der Waals surface area (Å²) in [5, 5.41) is 9.17. The zero-order valence-electron chi connectivity index (χ0n) is 12.6. The van der Waals surface area contributed by atoms with Crippen molar-refractivity contribution in [1.29, 1.82) is 0 Å². The molecule has 0 aliphatic carbocycles. The number of nitrogens with two attached hydrogens (primary N) is 1. The van der Waals surface area contributed by atoms with Gasteiger partial charge in [0.25, 0.3) is 5.91 Å². The summed E-state index contributed by atoms with van der Waals surface area (Å²) in [6.45, 7) is -0.710. The lowest BCUT2D eigenvalue weighted by Gasteiger charge is -2.15. The summed E-state index contributed by atoms with van der Waals surface area (Å²) in [6.07, 6.45) is 1.32. The van der Waals surface area contributed by atoms with Crippen molar-refractivity contribution in [3.8, 4) is 16.9 Å². The monoisotopic (exact) mass is 335 g/mol. The van der Waals surface area contributed by atoms with Gasteiger partial charge in [0.2, 0.25) is 0 Å². The van der Waals surface area contributed by atoms with Crippen molar-refractivity contribution in [3.63, 3.8) is 0 Å². The number of rotatable bonds is 6. The molecular weight excluding hydrogens is 321 g/mol. The van der Waals surface area contributed by atoms with E-state index in [0.29, 0.717) is 16.1 Å². The number of benzene rings is 1. The van der Waals surface area contributed by atoms with Crippen molar-refractivity contribution in [3.05, 3.63) is 48.0 Å². The van der Waals surface area contributed by atoms with Gasteiger partial charge in [0, 0.05) is 11.8 Å². The van der Waals surface area contributed by atoms with Crippen LogP contribution >= 0.6 is 0 Å². The molecule has 0 aliphatic heterocycles. The summed E-state index contributed by atoms with van der Waals surface area (Å²) < 4.78 is 13.3. The minimum absolute atomic E-state index is 0.0786. The Kier molecular flexibility index (Phi) is 5.40. The van der Waals surface area contributed by atoms with E-state index in [9.17, 15) is 14.0 Å². The van der Waals surface area contributed by atoms with Crippen LogP contribution in [-0.2, 0) is 9.68 Å². The van der Waals surface area contributed by atoms with Gasteiger partial charge in [-0.3, -0.25) is 14.6 Å². The van der Waals surface area contributed by atoms with E-state index in [-0.39, 0.29) is 11.4 Å². The van der Waals surface area contributed by atoms with Gasteiger partial charge in [-0.05, 0) is 23.8 Å². The average molecular weight is 335 g/mol. The number of aromatic nitrogens is 1. The van der Waals surface area contributed by atoms with Crippen LogP contribution in [-0.4, -0.2) is 40.6 Å². The Morgan fingerprint density at radius 2 is 2.08 bits per heavy atom. The highest BCUT2D eigenvalue weighted by atomic mass is 19.1. The molecule has 0 saturated heterocycles. The molecule has 0 unspecified atom stereocenters. The largest absolute Gasteiger partial charge is 0.480 e. The second-order valence-electron chi connectivity index (χ2n) is 4.66. The van der Waals surface area contributed by atoms with E-state index in [4.69, 9.17) is 15.8 Å². The number of halogens is 1. The minimum atomic E-state index is -1.28. The van der Waals surface area contributed by atoms with Crippen molar-refractivity contribution < 1.29 is 28.9 Å². The van der Waals surface area contributed by atoms with Crippen molar-refractivity contribution in [1.82, 2.24) is 9.99 Å². The molecule has 0 spiro atoms. The number of carbonyl (C=O) groups is 2. The van der Waals surface area contributed by atoms with Crippen LogP contribution in [0.15, 0.2) is 36.5 Å². The molecule has 0 radical (unpaired) electrons. The summed E-state index contributed by atoms with van der Waals surface area (Å²) in [5.41, 5.74) is 0.748. The number of carboxylic acids is 1. The third-order valence-corrected chi connectivity index (χ3v) is 2.95. The molecule has 0 atom stereocenters. The normalized spacial score (nSPS) is 10.3. The summed E-state index contributed by atoms with van der Waals surface area (Å²) in [6, 6.07) is 7.16. The Labute approximate surface area is 136 Å².